The van der Waals surface area contributed by atoms with Crippen molar-refractivity contribution >= 4 is 23.7 Å². The first-order valence-corrected chi connectivity index (χ1v) is 10.4. The van der Waals surface area contributed by atoms with Gasteiger partial charge < -0.3 is 37.6 Å². The fourth-order valence-electron chi connectivity index (χ4n) is 2.78. The molecule has 11 nitrogen and oxygen atoms in total. The van der Waals surface area contributed by atoms with Crippen molar-refractivity contribution in [2.24, 2.45) is 11.5 Å². The van der Waals surface area contributed by atoms with E-state index in [0.717, 1.165) is 6.42 Å². The molecule has 1 rings (SSSR count). The second-order valence-corrected chi connectivity index (χ2v) is 7.62. The van der Waals surface area contributed by atoms with Gasteiger partial charge in [-0.05, 0) is 50.9 Å². The van der Waals surface area contributed by atoms with Gasteiger partial charge in [0.15, 0.2) is 0 Å². The monoisotopic (exact) mass is 451 g/mol. The van der Waals surface area contributed by atoms with Gasteiger partial charge >= 0.3 is 5.97 Å². The van der Waals surface area contributed by atoms with Gasteiger partial charge in [0.2, 0.25) is 17.7 Å². The Kier molecular flexibility index (Phi) is 11.1. The fraction of sp³-hybridized carbons (Fsp3) is 0.524. The Labute approximate surface area is 186 Å². The van der Waals surface area contributed by atoms with Gasteiger partial charge in [-0.1, -0.05) is 18.6 Å². The maximum atomic E-state index is 12.8. The first kappa shape index (κ1) is 26.9. The molecule has 178 valence electrons. The minimum absolute atomic E-state index is 0.0542. The Morgan fingerprint density at radius 1 is 0.906 bits per heavy atom. The van der Waals surface area contributed by atoms with Crippen LogP contribution in [0.25, 0.3) is 0 Å². The van der Waals surface area contributed by atoms with Gasteiger partial charge in [-0.25, -0.2) is 0 Å². The number of phenols is 1. The number of amides is 3. The molecular weight excluding hydrogens is 418 g/mol. The van der Waals surface area contributed by atoms with E-state index in [1.807, 2.05) is 0 Å². The Morgan fingerprint density at radius 3 is 2.06 bits per heavy atom. The summed E-state index contributed by atoms with van der Waals surface area (Å²) in [4.78, 5) is 48.4. The molecule has 0 saturated carbocycles. The first-order chi connectivity index (χ1) is 15.0. The number of hydrogen-bond donors (Lipinski definition) is 7. The molecule has 11 heteroatoms. The second-order valence-electron chi connectivity index (χ2n) is 7.62. The molecule has 4 unspecified atom stereocenters. The molecule has 0 aliphatic carbocycles. The average Bonchev–Trinajstić information content (AvgIpc) is 2.74. The van der Waals surface area contributed by atoms with Gasteiger partial charge in [0.05, 0.1) is 6.04 Å². The van der Waals surface area contributed by atoms with Crippen LogP contribution < -0.4 is 27.4 Å². The van der Waals surface area contributed by atoms with Crippen molar-refractivity contribution in [3.63, 3.8) is 0 Å². The highest BCUT2D eigenvalue weighted by atomic mass is 16.4. The molecule has 0 heterocycles. The summed E-state index contributed by atoms with van der Waals surface area (Å²) in [6.07, 6.45) is 1.88. The molecule has 0 aliphatic heterocycles. The summed E-state index contributed by atoms with van der Waals surface area (Å²) in [5.74, 6) is -2.98. The average molecular weight is 452 g/mol. The number of aromatic hydroxyl groups is 1. The van der Waals surface area contributed by atoms with Crippen LogP contribution in [0, 0.1) is 0 Å². The van der Waals surface area contributed by atoms with Crippen LogP contribution in [0.1, 0.15) is 38.7 Å². The number of nitrogens with one attached hydrogen (secondary N) is 3. The van der Waals surface area contributed by atoms with Crippen LogP contribution in [-0.4, -0.2) is 64.6 Å². The molecule has 9 N–H and O–H groups in total. The Morgan fingerprint density at radius 2 is 1.50 bits per heavy atom. The Balaban J connectivity index is 2.87. The smallest absolute Gasteiger partial charge is 0.325 e. The summed E-state index contributed by atoms with van der Waals surface area (Å²) in [6, 6.07) is 2.08. The molecule has 1 aromatic rings. The molecule has 0 fully saturated rings. The van der Waals surface area contributed by atoms with Crippen molar-refractivity contribution in [2.75, 3.05) is 6.54 Å². The van der Waals surface area contributed by atoms with Gasteiger partial charge in [-0.15, -0.1) is 0 Å². The SMILES string of the molecule is CC(NC(=O)C(C)NC(=O)C(Cc1ccc(O)cc1)NC(=O)C(N)CCCCN)C(=O)O. The minimum Gasteiger partial charge on any atom is -0.508 e. The third-order valence-electron chi connectivity index (χ3n) is 4.80. The summed E-state index contributed by atoms with van der Waals surface area (Å²) in [5, 5.41) is 25.7. The number of benzene rings is 1. The number of carbonyl (C=O) groups is 4. The lowest BCUT2D eigenvalue weighted by molar-refractivity contribution is -0.141. The lowest BCUT2D eigenvalue weighted by Gasteiger charge is -2.23. The van der Waals surface area contributed by atoms with E-state index in [1.54, 1.807) is 12.1 Å². The summed E-state index contributed by atoms with van der Waals surface area (Å²) < 4.78 is 0. The molecule has 4 atom stereocenters. The number of carboxylic acid groups (broad SMARTS) is 1. The van der Waals surface area contributed by atoms with Gasteiger partial charge in [0, 0.05) is 6.42 Å². The third kappa shape index (κ3) is 9.31. The Bertz CT molecular complexity index is 785. The van der Waals surface area contributed by atoms with Crippen molar-refractivity contribution < 1.29 is 29.4 Å². The van der Waals surface area contributed by atoms with Crippen LogP contribution in [0.3, 0.4) is 0 Å². The van der Waals surface area contributed by atoms with Crippen LogP contribution >= 0.6 is 0 Å². The fourth-order valence-corrected chi connectivity index (χ4v) is 2.78. The number of rotatable bonds is 13. The molecule has 3 amide bonds. The van der Waals surface area contributed by atoms with Crippen LogP contribution in [0.15, 0.2) is 24.3 Å². The highest BCUT2D eigenvalue weighted by Crippen LogP contribution is 2.12. The normalized spacial score (nSPS) is 14.5. The van der Waals surface area contributed by atoms with E-state index in [-0.39, 0.29) is 12.2 Å². The molecule has 32 heavy (non-hydrogen) atoms. The number of aliphatic carboxylic acids is 1. The second kappa shape index (κ2) is 13.3. The highest BCUT2D eigenvalue weighted by molar-refractivity contribution is 5.94. The van der Waals surface area contributed by atoms with Crippen LogP contribution in [-0.2, 0) is 25.6 Å². The molecule has 0 aliphatic rings. The lowest BCUT2D eigenvalue weighted by Crippen LogP contribution is -2.56. The number of phenolic OH excluding ortho intramolecular Hbond substituents is 1. The molecular formula is C21H33N5O6. The van der Waals surface area contributed by atoms with E-state index in [2.05, 4.69) is 16.0 Å². The molecule has 0 radical (unpaired) electrons. The molecule has 0 spiro atoms. The summed E-state index contributed by atoms with van der Waals surface area (Å²) >= 11 is 0. The number of hydrogen-bond acceptors (Lipinski definition) is 7. The molecule has 0 saturated heterocycles. The predicted molar refractivity (Wildman–Crippen MR) is 117 cm³/mol. The largest absolute Gasteiger partial charge is 0.508 e. The molecule has 0 bridgehead atoms. The maximum absolute atomic E-state index is 12.8. The van der Waals surface area contributed by atoms with Crippen molar-refractivity contribution in [3.8, 4) is 5.75 Å². The summed E-state index contributed by atoms with van der Waals surface area (Å²) in [7, 11) is 0. The number of nitrogens with two attached hydrogens (primary N) is 2. The summed E-state index contributed by atoms with van der Waals surface area (Å²) in [6.45, 7) is 3.19. The third-order valence-corrected chi connectivity index (χ3v) is 4.80. The van der Waals surface area contributed by atoms with Crippen LogP contribution in [0.2, 0.25) is 0 Å². The van der Waals surface area contributed by atoms with E-state index >= 15 is 0 Å². The minimum atomic E-state index is -1.21. The van der Waals surface area contributed by atoms with Crippen molar-refractivity contribution in [1.82, 2.24) is 16.0 Å². The molecule has 0 aromatic heterocycles. The topological polar surface area (TPSA) is 197 Å². The Hall–Kier alpha value is -3.18. The van der Waals surface area contributed by atoms with E-state index < -0.39 is 47.9 Å². The van der Waals surface area contributed by atoms with E-state index in [4.69, 9.17) is 16.6 Å². The van der Waals surface area contributed by atoms with Crippen molar-refractivity contribution in [2.45, 2.75) is 63.7 Å². The van der Waals surface area contributed by atoms with E-state index in [9.17, 15) is 24.3 Å². The predicted octanol–water partition coefficient (Wildman–Crippen LogP) is -1.03. The quantitative estimate of drug-likeness (QED) is 0.185. The summed E-state index contributed by atoms with van der Waals surface area (Å²) in [5.41, 5.74) is 12.0. The van der Waals surface area contributed by atoms with Gasteiger partial charge in [-0.3, -0.25) is 19.2 Å². The number of unbranched alkanes of at least 4 members (excludes halogenated alkanes) is 1. The van der Waals surface area contributed by atoms with Gasteiger partial charge in [0.1, 0.15) is 23.9 Å². The van der Waals surface area contributed by atoms with Crippen molar-refractivity contribution in [3.05, 3.63) is 29.8 Å². The number of carboxylic acids is 1. The zero-order valence-corrected chi connectivity index (χ0v) is 18.3. The molecule has 1 aromatic carbocycles. The van der Waals surface area contributed by atoms with E-state index in [1.165, 1.54) is 26.0 Å². The van der Waals surface area contributed by atoms with Crippen LogP contribution in [0.5, 0.6) is 5.75 Å². The van der Waals surface area contributed by atoms with Crippen molar-refractivity contribution in [1.29, 1.82) is 0 Å². The lowest BCUT2D eigenvalue weighted by atomic mass is 10.0. The van der Waals surface area contributed by atoms with E-state index in [0.29, 0.717) is 24.9 Å². The highest BCUT2D eigenvalue weighted by Gasteiger charge is 2.27. The first-order valence-electron chi connectivity index (χ1n) is 10.4. The van der Waals surface area contributed by atoms with Gasteiger partial charge in [-0.2, -0.15) is 0 Å². The number of carbonyl (C=O) groups excluding carboxylic acids is 3. The zero-order chi connectivity index (χ0) is 24.3. The standard InChI is InChI=1S/C21H33N5O6/c1-12(18(28)25-13(2)21(31)32)24-20(30)17(11-14-6-8-15(27)9-7-14)26-19(29)16(23)5-3-4-10-22/h6-9,12-13,16-17,27H,3-5,10-11,22-23H2,1-2H3,(H,24,30)(H,25,28)(H,26,29)(H,31,32). The van der Waals surface area contributed by atoms with Crippen LogP contribution in [0.4, 0.5) is 0 Å². The maximum Gasteiger partial charge on any atom is 0.325 e. The zero-order valence-electron chi connectivity index (χ0n) is 18.3. The van der Waals surface area contributed by atoms with Gasteiger partial charge in [0.25, 0.3) is 0 Å².